The van der Waals surface area contributed by atoms with Gasteiger partial charge in [0.25, 0.3) is 5.91 Å². The molecule has 5 rings (SSSR count). The van der Waals surface area contributed by atoms with Crippen molar-refractivity contribution < 1.29 is 22.8 Å². The van der Waals surface area contributed by atoms with E-state index in [-0.39, 0.29) is 36.7 Å². The molecule has 0 aromatic heterocycles. The Morgan fingerprint density at radius 1 is 0.929 bits per heavy atom. The molecule has 4 atom stereocenters. The number of hydrogen-bond donors (Lipinski definition) is 2. The number of fused-ring (bicyclic) bond motifs is 1. The number of hydrogen-bond acceptors (Lipinski definition) is 6. The second-order valence-electron chi connectivity index (χ2n) is 11.5. The maximum absolute atomic E-state index is 14.4. The largest absolute Gasteiger partial charge is 0.363 e. The molecule has 0 unspecified atom stereocenters. The molecule has 0 bridgehead atoms. The number of carbonyl (C=O) groups excluding carboxylic acids is 1. The van der Waals surface area contributed by atoms with Crippen LogP contribution in [0.2, 0.25) is 0 Å². The molecule has 0 radical (unpaired) electrons. The van der Waals surface area contributed by atoms with Crippen LogP contribution < -0.4 is 10.2 Å². The molecule has 9 heteroatoms. The van der Waals surface area contributed by atoms with Gasteiger partial charge in [0, 0.05) is 23.6 Å². The van der Waals surface area contributed by atoms with Crippen LogP contribution in [0.1, 0.15) is 75.8 Å². The first kappa shape index (κ1) is 30.4. The summed E-state index contributed by atoms with van der Waals surface area (Å²) >= 11 is 0. The van der Waals surface area contributed by atoms with E-state index < -0.39 is 10.0 Å². The van der Waals surface area contributed by atoms with E-state index in [0.29, 0.717) is 25.2 Å². The molecule has 1 fully saturated rings. The molecule has 1 amide bonds. The lowest BCUT2D eigenvalue weighted by atomic mass is 9.76. The number of sulfonamides is 1. The van der Waals surface area contributed by atoms with E-state index in [1.54, 1.807) is 0 Å². The van der Waals surface area contributed by atoms with Crippen LogP contribution in [0.15, 0.2) is 72.8 Å². The summed E-state index contributed by atoms with van der Waals surface area (Å²) < 4.78 is 33.8. The highest BCUT2D eigenvalue weighted by molar-refractivity contribution is 7.88. The van der Waals surface area contributed by atoms with E-state index in [1.165, 1.54) is 6.26 Å². The number of rotatable bonds is 11. The number of aryl methyl sites for hydroxylation is 2. The summed E-state index contributed by atoms with van der Waals surface area (Å²) in [6.45, 7) is 5.08. The minimum atomic E-state index is -3.46. The van der Waals surface area contributed by atoms with Crippen molar-refractivity contribution in [2.24, 2.45) is 0 Å². The fourth-order valence-corrected chi connectivity index (χ4v) is 7.37. The molecule has 3 aromatic rings. The van der Waals surface area contributed by atoms with E-state index >= 15 is 0 Å². The quantitative estimate of drug-likeness (QED) is 0.182. The number of carbonyl (C=O) groups is 1. The van der Waals surface area contributed by atoms with E-state index in [4.69, 9.17) is 9.57 Å². The van der Waals surface area contributed by atoms with Gasteiger partial charge in [-0.05, 0) is 55.0 Å². The van der Waals surface area contributed by atoms with Gasteiger partial charge in [-0.2, -0.15) is 5.48 Å². The van der Waals surface area contributed by atoms with Crippen molar-refractivity contribution in [2.75, 3.05) is 19.6 Å². The first-order valence-electron chi connectivity index (χ1n) is 14.7. The summed E-state index contributed by atoms with van der Waals surface area (Å²) in [5, 5.41) is 0. The first-order chi connectivity index (χ1) is 20.2. The van der Waals surface area contributed by atoms with Crippen LogP contribution in [-0.4, -0.2) is 50.9 Å². The predicted octanol–water partition coefficient (Wildman–Crippen LogP) is 5.14. The van der Waals surface area contributed by atoms with Crippen molar-refractivity contribution in [1.82, 2.24) is 15.1 Å². The zero-order chi connectivity index (χ0) is 29.7. The normalized spacial score (nSPS) is 22.6. The summed E-state index contributed by atoms with van der Waals surface area (Å²) in [7, 11) is -3.46. The number of ether oxygens (including phenoxy) is 1. The zero-order valence-electron chi connectivity index (χ0n) is 24.6. The van der Waals surface area contributed by atoms with Gasteiger partial charge in [0.15, 0.2) is 0 Å². The third-order valence-electron chi connectivity index (χ3n) is 8.34. The highest BCUT2D eigenvalue weighted by Gasteiger charge is 2.46. The van der Waals surface area contributed by atoms with Crippen LogP contribution in [0.4, 0.5) is 0 Å². The molecular formula is C33H41N3O5S. The zero-order valence-corrected chi connectivity index (χ0v) is 25.4. The van der Waals surface area contributed by atoms with Crippen LogP contribution in [-0.2, 0) is 26.2 Å². The van der Waals surface area contributed by atoms with Crippen LogP contribution in [0.3, 0.4) is 0 Å². The Morgan fingerprint density at radius 2 is 1.67 bits per heavy atom. The molecule has 1 aliphatic heterocycles. The predicted molar refractivity (Wildman–Crippen MR) is 163 cm³/mol. The van der Waals surface area contributed by atoms with E-state index in [9.17, 15) is 13.2 Å². The highest BCUT2D eigenvalue weighted by atomic mass is 32.2. The van der Waals surface area contributed by atoms with Gasteiger partial charge < -0.3 is 9.64 Å². The second-order valence-corrected chi connectivity index (χ2v) is 13.3. The van der Waals surface area contributed by atoms with Crippen LogP contribution in [0.25, 0.3) is 0 Å². The van der Waals surface area contributed by atoms with Crippen LogP contribution >= 0.6 is 0 Å². The van der Waals surface area contributed by atoms with Gasteiger partial charge >= 0.3 is 0 Å². The van der Waals surface area contributed by atoms with E-state index in [1.807, 2.05) is 59.5 Å². The summed E-state index contributed by atoms with van der Waals surface area (Å²) in [4.78, 5) is 21.9. The number of hydroxylamine groups is 1. The minimum Gasteiger partial charge on any atom is -0.363 e. The van der Waals surface area contributed by atoms with E-state index in [0.717, 1.165) is 47.1 Å². The standard InChI is InChI=1S/C33H41N3O5S/c1-23-17-18-26(24(2)19-23)32-29(21-40-22-34-41-20-25-11-5-4-6-12-25)27-13-7-8-14-28(27)33(37)36(32)31-16-10-9-15-30(31)35-42(3,38)39/h4-8,11-14,17-19,29-32,34-35H,9-10,15-16,20-22H2,1-3H3/t29-,30+,31+,32+/m1/s1. The average molecular weight is 592 g/mol. The first-order valence-corrected chi connectivity index (χ1v) is 16.5. The minimum absolute atomic E-state index is 0.0663. The Balaban J connectivity index is 1.46. The number of amides is 1. The molecule has 224 valence electrons. The van der Waals surface area contributed by atoms with E-state index in [2.05, 4.69) is 42.2 Å². The fraction of sp³-hybridized carbons (Fsp3) is 0.424. The third-order valence-corrected chi connectivity index (χ3v) is 9.08. The molecule has 2 aliphatic rings. The van der Waals surface area contributed by atoms with Crippen molar-refractivity contribution in [2.45, 2.75) is 70.2 Å². The lowest BCUT2D eigenvalue weighted by Gasteiger charge is -2.49. The van der Waals surface area contributed by atoms with Crippen molar-refractivity contribution in [3.63, 3.8) is 0 Å². The van der Waals surface area contributed by atoms with Gasteiger partial charge in [-0.1, -0.05) is 85.1 Å². The van der Waals surface area contributed by atoms with Gasteiger partial charge in [0.05, 0.1) is 25.5 Å². The van der Waals surface area contributed by atoms with Gasteiger partial charge in [0.2, 0.25) is 10.0 Å². The monoisotopic (exact) mass is 591 g/mol. The van der Waals surface area contributed by atoms with Crippen molar-refractivity contribution in [1.29, 1.82) is 0 Å². The summed E-state index contributed by atoms with van der Waals surface area (Å²) in [6.07, 6.45) is 4.45. The molecule has 8 nitrogen and oxygen atoms in total. The molecular weight excluding hydrogens is 550 g/mol. The maximum atomic E-state index is 14.4. The smallest absolute Gasteiger partial charge is 0.254 e. The Labute approximate surface area is 249 Å². The van der Waals surface area contributed by atoms with Crippen molar-refractivity contribution in [3.05, 3.63) is 106 Å². The maximum Gasteiger partial charge on any atom is 0.254 e. The van der Waals surface area contributed by atoms with Gasteiger partial charge in [0.1, 0.15) is 6.73 Å². The lowest BCUT2D eigenvalue weighted by Crippen LogP contribution is -2.58. The number of benzene rings is 3. The Kier molecular flexibility index (Phi) is 9.75. The molecule has 2 N–H and O–H groups in total. The summed E-state index contributed by atoms with van der Waals surface area (Å²) in [5.41, 5.74) is 8.84. The van der Waals surface area contributed by atoms with Crippen LogP contribution in [0.5, 0.6) is 0 Å². The molecule has 1 heterocycles. The van der Waals surface area contributed by atoms with Crippen molar-refractivity contribution >= 4 is 15.9 Å². The van der Waals surface area contributed by atoms with Crippen LogP contribution in [0, 0.1) is 13.8 Å². The Morgan fingerprint density at radius 3 is 2.43 bits per heavy atom. The fourth-order valence-electron chi connectivity index (χ4n) is 6.54. The van der Waals surface area contributed by atoms with Gasteiger partial charge in [-0.15, -0.1) is 0 Å². The number of nitrogens with one attached hydrogen (secondary N) is 2. The summed E-state index contributed by atoms with van der Waals surface area (Å²) in [6, 6.07) is 23.0. The second kappa shape index (κ2) is 13.5. The molecule has 1 aliphatic carbocycles. The Hall–Kier alpha value is -3.08. The average Bonchev–Trinajstić information content (AvgIpc) is 2.96. The number of nitrogens with zero attached hydrogens (tertiary/aromatic N) is 1. The highest BCUT2D eigenvalue weighted by Crippen LogP contribution is 2.46. The Bertz CT molecular complexity index is 1480. The van der Waals surface area contributed by atoms with Gasteiger partial charge in [-0.25, -0.2) is 13.1 Å². The van der Waals surface area contributed by atoms with Crippen molar-refractivity contribution in [3.8, 4) is 0 Å². The molecule has 3 aromatic carbocycles. The SMILES string of the molecule is Cc1ccc([C@H]2[C@H](COCNOCc3ccccc3)c3ccccc3C(=O)N2[C@H]2CCCC[C@@H]2NS(C)(=O)=O)c(C)c1. The summed E-state index contributed by atoms with van der Waals surface area (Å²) in [5.74, 6) is -0.236. The molecule has 1 saturated carbocycles. The topological polar surface area (TPSA) is 97.0 Å². The van der Waals surface area contributed by atoms with Gasteiger partial charge in [-0.3, -0.25) is 9.63 Å². The molecule has 0 spiro atoms. The third kappa shape index (κ3) is 7.10. The lowest BCUT2D eigenvalue weighted by molar-refractivity contribution is -0.0505. The molecule has 0 saturated heterocycles. The molecule has 42 heavy (non-hydrogen) atoms.